The van der Waals surface area contributed by atoms with Crippen LogP contribution in [0, 0.1) is 5.92 Å². The van der Waals surface area contributed by atoms with Crippen LogP contribution in [0.2, 0.25) is 0 Å². The van der Waals surface area contributed by atoms with Crippen LogP contribution in [0.25, 0.3) is 0 Å². The third kappa shape index (κ3) is 4.26. The first-order valence-electron chi connectivity index (χ1n) is 6.65. The Bertz CT molecular complexity index is 236. The van der Waals surface area contributed by atoms with Crippen LogP contribution in [0.4, 0.5) is 0 Å². The van der Waals surface area contributed by atoms with E-state index in [-0.39, 0.29) is 11.8 Å². The van der Waals surface area contributed by atoms with Crippen LogP contribution in [0.15, 0.2) is 0 Å². The summed E-state index contributed by atoms with van der Waals surface area (Å²) in [6, 6.07) is 0. The van der Waals surface area contributed by atoms with E-state index in [0.717, 1.165) is 65.3 Å². The van der Waals surface area contributed by atoms with Crippen molar-refractivity contribution in [2.75, 3.05) is 52.5 Å². The number of carbonyl (C=O) groups is 1. The molecule has 5 nitrogen and oxygen atoms in total. The predicted molar refractivity (Wildman–Crippen MR) is 65.9 cm³/mol. The molecule has 2 saturated heterocycles. The van der Waals surface area contributed by atoms with Gasteiger partial charge in [0.05, 0.1) is 19.1 Å². The van der Waals surface area contributed by atoms with Gasteiger partial charge >= 0.3 is 0 Å². The number of ether oxygens (including phenoxy) is 1. The number of nitrogens with zero attached hydrogens (tertiary/aromatic N) is 1. The first kappa shape index (κ1) is 12.8. The third-order valence-corrected chi connectivity index (χ3v) is 3.50. The Balaban J connectivity index is 1.58. The highest BCUT2D eigenvalue weighted by Crippen LogP contribution is 2.09. The number of hydrogen-bond donors (Lipinski definition) is 2. The molecule has 0 aromatic heterocycles. The predicted octanol–water partition coefficient (Wildman–Crippen LogP) is -0.566. The molecule has 1 amide bonds. The van der Waals surface area contributed by atoms with Crippen molar-refractivity contribution in [3.8, 4) is 0 Å². The molecule has 5 heteroatoms. The molecule has 0 bridgehead atoms. The topological polar surface area (TPSA) is 53.6 Å². The van der Waals surface area contributed by atoms with Crippen molar-refractivity contribution >= 4 is 5.91 Å². The third-order valence-electron chi connectivity index (χ3n) is 3.50. The van der Waals surface area contributed by atoms with E-state index in [1.165, 1.54) is 0 Å². The Morgan fingerprint density at radius 1 is 1.41 bits per heavy atom. The maximum absolute atomic E-state index is 11.8. The molecular formula is C12H23N3O2. The summed E-state index contributed by atoms with van der Waals surface area (Å²) in [5.74, 6) is 0.388. The molecule has 2 fully saturated rings. The van der Waals surface area contributed by atoms with Crippen LogP contribution < -0.4 is 10.6 Å². The molecule has 1 atom stereocenters. The molecule has 17 heavy (non-hydrogen) atoms. The quantitative estimate of drug-likeness (QED) is 0.692. The number of piperidine rings is 1. The van der Waals surface area contributed by atoms with Crippen LogP contribution in [0.5, 0.6) is 0 Å². The van der Waals surface area contributed by atoms with Gasteiger partial charge in [0, 0.05) is 32.7 Å². The second-order valence-corrected chi connectivity index (χ2v) is 4.79. The van der Waals surface area contributed by atoms with Gasteiger partial charge in [0.25, 0.3) is 0 Å². The molecule has 0 aromatic rings. The van der Waals surface area contributed by atoms with Crippen molar-refractivity contribution in [2.24, 2.45) is 5.92 Å². The molecular weight excluding hydrogens is 218 g/mol. The largest absolute Gasteiger partial charge is 0.379 e. The van der Waals surface area contributed by atoms with Gasteiger partial charge in [-0.2, -0.15) is 0 Å². The summed E-state index contributed by atoms with van der Waals surface area (Å²) in [6.07, 6.45) is 2.14. The van der Waals surface area contributed by atoms with E-state index >= 15 is 0 Å². The lowest BCUT2D eigenvalue weighted by Crippen LogP contribution is -2.44. The van der Waals surface area contributed by atoms with Gasteiger partial charge in [-0.3, -0.25) is 9.69 Å². The van der Waals surface area contributed by atoms with Crippen molar-refractivity contribution in [2.45, 2.75) is 12.8 Å². The van der Waals surface area contributed by atoms with Crippen molar-refractivity contribution in [3.05, 3.63) is 0 Å². The van der Waals surface area contributed by atoms with Crippen molar-refractivity contribution in [3.63, 3.8) is 0 Å². The number of morpholine rings is 1. The summed E-state index contributed by atoms with van der Waals surface area (Å²) in [6.45, 7) is 7.20. The molecule has 0 saturated carbocycles. The highest BCUT2D eigenvalue weighted by Gasteiger charge is 2.20. The summed E-state index contributed by atoms with van der Waals surface area (Å²) < 4.78 is 5.29. The average molecular weight is 241 g/mol. The number of nitrogens with one attached hydrogen (secondary N) is 2. The minimum atomic E-state index is 0.174. The Hall–Kier alpha value is -0.650. The van der Waals surface area contributed by atoms with E-state index in [9.17, 15) is 4.79 Å². The van der Waals surface area contributed by atoms with E-state index in [1.807, 2.05) is 0 Å². The van der Waals surface area contributed by atoms with Gasteiger partial charge in [-0.25, -0.2) is 0 Å². The molecule has 2 aliphatic heterocycles. The van der Waals surface area contributed by atoms with Gasteiger partial charge < -0.3 is 15.4 Å². The molecule has 2 aliphatic rings. The zero-order valence-electron chi connectivity index (χ0n) is 10.4. The minimum Gasteiger partial charge on any atom is -0.379 e. The number of hydrogen-bond acceptors (Lipinski definition) is 4. The van der Waals surface area contributed by atoms with E-state index in [1.54, 1.807) is 0 Å². The van der Waals surface area contributed by atoms with Crippen LogP contribution >= 0.6 is 0 Å². The highest BCUT2D eigenvalue weighted by molar-refractivity contribution is 5.78. The van der Waals surface area contributed by atoms with E-state index in [2.05, 4.69) is 15.5 Å². The fraction of sp³-hybridized carbons (Fsp3) is 0.917. The van der Waals surface area contributed by atoms with Crippen LogP contribution in [-0.4, -0.2) is 63.3 Å². The normalized spacial score (nSPS) is 26.7. The zero-order valence-corrected chi connectivity index (χ0v) is 10.4. The fourth-order valence-electron chi connectivity index (χ4n) is 2.38. The van der Waals surface area contributed by atoms with E-state index < -0.39 is 0 Å². The summed E-state index contributed by atoms with van der Waals surface area (Å²) in [5.41, 5.74) is 0. The maximum atomic E-state index is 11.8. The SMILES string of the molecule is O=C(NCCN1CCOCC1)[C@@H]1CCCNC1. The van der Waals surface area contributed by atoms with Crippen LogP contribution in [0.3, 0.4) is 0 Å². The molecule has 0 aliphatic carbocycles. The Labute approximate surface area is 103 Å². The van der Waals surface area contributed by atoms with Crippen molar-refractivity contribution < 1.29 is 9.53 Å². The Morgan fingerprint density at radius 2 is 2.24 bits per heavy atom. The maximum Gasteiger partial charge on any atom is 0.224 e. The molecule has 0 radical (unpaired) electrons. The van der Waals surface area contributed by atoms with Crippen molar-refractivity contribution in [1.29, 1.82) is 0 Å². The smallest absolute Gasteiger partial charge is 0.224 e. The number of amides is 1. The molecule has 98 valence electrons. The van der Waals surface area contributed by atoms with E-state index in [0.29, 0.717) is 0 Å². The first-order chi connectivity index (χ1) is 8.36. The summed E-state index contributed by atoms with van der Waals surface area (Å²) >= 11 is 0. The minimum absolute atomic E-state index is 0.174. The Kier molecular flexibility index (Phi) is 5.22. The molecule has 0 aromatic carbocycles. The molecule has 0 unspecified atom stereocenters. The van der Waals surface area contributed by atoms with Crippen LogP contribution in [0.1, 0.15) is 12.8 Å². The van der Waals surface area contributed by atoms with Gasteiger partial charge in [-0.1, -0.05) is 0 Å². The lowest BCUT2D eigenvalue weighted by Gasteiger charge is -2.27. The molecule has 0 spiro atoms. The number of rotatable bonds is 4. The lowest BCUT2D eigenvalue weighted by molar-refractivity contribution is -0.125. The fourth-order valence-corrected chi connectivity index (χ4v) is 2.38. The summed E-state index contributed by atoms with van der Waals surface area (Å²) in [4.78, 5) is 14.2. The Morgan fingerprint density at radius 3 is 2.94 bits per heavy atom. The van der Waals surface area contributed by atoms with Gasteiger partial charge in [-0.15, -0.1) is 0 Å². The lowest BCUT2D eigenvalue weighted by atomic mass is 9.99. The molecule has 2 N–H and O–H groups in total. The van der Waals surface area contributed by atoms with Gasteiger partial charge in [0.2, 0.25) is 5.91 Å². The average Bonchev–Trinajstić information content (AvgIpc) is 2.41. The molecule has 2 rings (SSSR count). The zero-order chi connectivity index (χ0) is 11.9. The van der Waals surface area contributed by atoms with Crippen molar-refractivity contribution in [1.82, 2.24) is 15.5 Å². The standard InChI is InChI=1S/C12H23N3O2/c16-12(11-2-1-3-13-10-11)14-4-5-15-6-8-17-9-7-15/h11,13H,1-10H2,(H,14,16)/t11-/m1/s1. The van der Waals surface area contributed by atoms with Gasteiger partial charge in [0.1, 0.15) is 0 Å². The number of carbonyl (C=O) groups excluding carboxylic acids is 1. The van der Waals surface area contributed by atoms with Gasteiger partial charge in [-0.05, 0) is 19.4 Å². The summed E-state index contributed by atoms with van der Waals surface area (Å²) in [7, 11) is 0. The second-order valence-electron chi connectivity index (χ2n) is 4.79. The highest BCUT2D eigenvalue weighted by atomic mass is 16.5. The second kappa shape index (κ2) is 6.93. The monoisotopic (exact) mass is 241 g/mol. The van der Waals surface area contributed by atoms with Crippen LogP contribution in [-0.2, 0) is 9.53 Å². The first-order valence-corrected chi connectivity index (χ1v) is 6.65. The molecule has 2 heterocycles. The van der Waals surface area contributed by atoms with Gasteiger partial charge in [0.15, 0.2) is 0 Å². The van der Waals surface area contributed by atoms with E-state index in [4.69, 9.17) is 4.74 Å². The summed E-state index contributed by atoms with van der Waals surface area (Å²) in [5, 5.41) is 6.31.